The third-order valence-electron chi connectivity index (χ3n) is 6.61. The Morgan fingerprint density at radius 1 is 0.405 bits per heavy atom. The maximum atomic E-state index is 12.1. The number of fused-ring (bicyclic) bond motifs is 3. The van der Waals surface area contributed by atoms with E-state index in [1.54, 1.807) is 24.3 Å². The topological polar surface area (TPSA) is 90.6 Å². The minimum absolute atomic E-state index is 0.262. The van der Waals surface area contributed by atoms with Gasteiger partial charge < -0.3 is 13.3 Å². The Morgan fingerprint density at radius 2 is 0.838 bits per heavy atom. The van der Waals surface area contributed by atoms with Crippen LogP contribution in [0, 0.1) is 27.7 Å². The van der Waals surface area contributed by atoms with Crippen LogP contribution in [0.25, 0.3) is 54.5 Å². The molecule has 7 aromatic rings. The molecule has 182 valence electrons. The summed E-state index contributed by atoms with van der Waals surface area (Å²) < 4.78 is 16.1. The van der Waals surface area contributed by atoms with E-state index in [1.807, 2.05) is 64.1 Å². The van der Waals surface area contributed by atoms with Gasteiger partial charge >= 0.3 is 16.9 Å². The molecule has 0 radical (unpaired) electrons. The van der Waals surface area contributed by atoms with Crippen LogP contribution in [0.3, 0.4) is 0 Å². The molecule has 0 bridgehead atoms. The summed E-state index contributed by atoms with van der Waals surface area (Å²) in [6, 6.07) is 18.9. The third-order valence-corrected chi connectivity index (χ3v) is 6.61. The van der Waals surface area contributed by atoms with Crippen molar-refractivity contribution in [2.75, 3.05) is 0 Å². The molecule has 0 aliphatic heterocycles. The molecule has 6 nitrogen and oxygen atoms in total. The van der Waals surface area contributed by atoms with Gasteiger partial charge in [-0.2, -0.15) is 0 Å². The molecule has 0 aliphatic rings. The summed E-state index contributed by atoms with van der Waals surface area (Å²) in [6.07, 6.45) is 0. The molecular formula is C31H22O6. The first-order valence-electron chi connectivity index (χ1n) is 11.9. The Labute approximate surface area is 209 Å². The van der Waals surface area contributed by atoms with Gasteiger partial charge in [-0.25, -0.2) is 14.4 Å². The Balaban J connectivity index is 0.000000138. The van der Waals surface area contributed by atoms with Gasteiger partial charge in [-0.3, -0.25) is 0 Å². The lowest BCUT2D eigenvalue weighted by Crippen LogP contribution is -2.07. The summed E-state index contributed by atoms with van der Waals surface area (Å²) in [6.45, 7) is 7.65. The second kappa shape index (κ2) is 8.17. The van der Waals surface area contributed by atoms with E-state index in [0.29, 0.717) is 43.7 Å². The summed E-state index contributed by atoms with van der Waals surface area (Å²) in [5.74, 6) is 0. The van der Waals surface area contributed by atoms with Gasteiger partial charge in [0.05, 0.1) is 21.5 Å². The molecule has 7 rings (SSSR count). The number of rotatable bonds is 0. The van der Waals surface area contributed by atoms with Crippen LogP contribution in [-0.4, -0.2) is 0 Å². The van der Waals surface area contributed by atoms with Crippen LogP contribution >= 0.6 is 0 Å². The van der Waals surface area contributed by atoms with E-state index in [2.05, 4.69) is 0 Å². The molecule has 0 atom stereocenters. The molecule has 3 aromatic heterocycles. The number of hydrogen-bond acceptors (Lipinski definition) is 6. The number of aryl methyl sites for hydroxylation is 4. The summed E-state index contributed by atoms with van der Waals surface area (Å²) in [4.78, 5) is 36.2. The van der Waals surface area contributed by atoms with Crippen LogP contribution in [0.5, 0.6) is 0 Å². The minimum Gasteiger partial charge on any atom is -0.422 e. The maximum absolute atomic E-state index is 12.1. The molecule has 6 heteroatoms. The molecule has 0 aliphatic carbocycles. The van der Waals surface area contributed by atoms with E-state index < -0.39 is 11.3 Å². The average molecular weight is 491 g/mol. The van der Waals surface area contributed by atoms with Crippen LogP contribution < -0.4 is 16.9 Å². The van der Waals surface area contributed by atoms with Gasteiger partial charge in [-0.1, -0.05) is 29.8 Å². The summed E-state index contributed by atoms with van der Waals surface area (Å²) in [5, 5.41) is 4.78. The van der Waals surface area contributed by atoms with E-state index in [1.165, 1.54) is 0 Å². The smallest absolute Gasteiger partial charge is 0.344 e. The van der Waals surface area contributed by atoms with Gasteiger partial charge in [-0.15, -0.1) is 0 Å². The van der Waals surface area contributed by atoms with Crippen molar-refractivity contribution in [3.05, 3.63) is 114 Å². The summed E-state index contributed by atoms with van der Waals surface area (Å²) in [5.41, 5.74) is 4.30. The van der Waals surface area contributed by atoms with Crippen LogP contribution in [0.15, 0.2) is 88.3 Å². The van der Waals surface area contributed by atoms with Gasteiger partial charge in [0.2, 0.25) is 0 Å². The average Bonchev–Trinajstić information content (AvgIpc) is 2.83. The monoisotopic (exact) mass is 490 g/mol. The fraction of sp³-hybridized carbons (Fsp3) is 0.129. The molecule has 37 heavy (non-hydrogen) atoms. The van der Waals surface area contributed by atoms with Gasteiger partial charge in [-0.05, 0) is 86.2 Å². The minimum atomic E-state index is -0.427. The van der Waals surface area contributed by atoms with Crippen molar-refractivity contribution in [2.45, 2.75) is 27.7 Å². The zero-order valence-corrected chi connectivity index (χ0v) is 20.7. The van der Waals surface area contributed by atoms with Crippen molar-refractivity contribution in [1.29, 1.82) is 0 Å². The predicted molar refractivity (Wildman–Crippen MR) is 146 cm³/mol. The van der Waals surface area contributed by atoms with E-state index >= 15 is 0 Å². The van der Waals surface area contributed by atoms with Crippen LogP contribution in [0.4, 0.5) is 0 Å². The standard InChI is InChI=1S/C16H10O4.C15H12O2/c1-7-3-9-13-10(4-7)16(18)20-12-6-8(2)5-11(14(12)13)19-15(9)17;1-9-3-5-11-12-6-4-10(2)8-14(12)17-15(16)13(11)7-9/h3-6H,1-2H3;3-8H,1-2H3. The second-order valence-electron chi connectivity index (χ2n) is 9.59. The molecule has 0 N–H and O–H groups in total. The van der Waals surface area contributed by atoms with E-state index in [-0.39, 0.29) is 5.63 Å². The first-order valence-corrected chi connectivity index (χ1v) is 11.9. The lowest BCUT2D eigenvalue weighted by atomic mass is 10.00. The predicted octanol–water partition coefficient (Wildman–Crippen LogP) is 6.67. The largest absolute Gasteiger partial charge is 0.422 e. The van der Waals surface area contributed by atoms with E-state index in [9.17, 15) is 14.4 Å². The maximum Gasteiger partial charge on any atom is 0.344 e. The quantitative estimate of drug-likeness (QED) is 0.174. The molecule has 0 saturated heterocycles. The van der Waals surface area contributed by atoms with Gasteiger partial charge in [0.1, 0.15) is 16.7 Å². The summed E-state index contributed by atoms with van der Waals surface area (Å²) >= 11 is 0. The Kier molecular flexibility index (Phi) is 5.02. The van der Waals surface area contributed by atoms with Crippen molar-refractivity contribution in [2.24, 2.45) is 0 Å². The van der Waals surface area contributed by atoms with Gasteiger partial charge in [0.25, 0.3) is 0 Å². The van der Waals surface area contributed by atoms with Crippen molar-refractivity contribution >= 4 is 54.5 Å². The highest BCUT2D eigenvalue weighted by Crippen LogP contribution is 2.32. The third kappa shape index (κ3) is 3.69. The molecule has 0 spiro atoms. The van der Waals surface area contributed by atoms with Gasteiger partial charge in [0.15, 0.2) is 0 Å². The van der Waals surface area contributed by atoms with Crippen LogP contribution in [0.2, 0.25) is 0 Å². The Hall–Kier alpha value is -4.71. The van der Waals surface area contributed by atoms with Crippen molar-refractivity contribution in [1.82, 2.24) is 0 Å². The molecule has 0 saturated carbocycles. The normalized spacial score (nSPS) is 11.6. The molecule has 0 unspecified atom stereocenters. The first kappa shape index (κ1) is 22.7. The zero-order valence-electron chi connectivity index (χ0n) is 20.7. The van der Waals surface area contributed by atoms with Crippen LogP contribution in [0.1, 0.15) is 22.3 Å². The van der Waals surface area contributed by atoms with E-state index in [4.69, 9.17) is 13.3 Å². The second-order valence-corrected chi connectivity index (χ2v) is 9.59. The highest BCUT2D eigenvalue weighted by atomic mass is 16.4. The lowest BCUT2D eigenvalue weighted by Gasteiger charge is -2.09. The van der Waals surface area contributed by atoms with Crippen molar-refractivity contribution < 1.29 is 13.3 Å². The Bertz CT molecular complexity index is 2110. The molecule has 4 aromatic carbocycles. The number of hydrogen-bond donors (Lipinski definition) is 0. The Morgan fingerprint density at radius 3 is 1.46 bits per heavy atom. The molecular weight excluding hydrogens is 468 g/mol. The lowest BCUT2D eigenvalue weighted by molar-refractivity contribution is 0.556. The fourth-order valence-corrected chi connectivity index (χ4v) is 4.97. The zero-order chi connectivity index (χ0) is 26.0. The van der Waals surface area contributed by atoms with Crippen molar-refractivity contribution in [3.8, 4) is 0 Å². The highest BCUT2D eigenvalue weighted by molar-refractivity contribution is 6.19. The van der Waals surface area contributed by atoms with E-state index in [0.717, 1.165) is 33.0 Å². The van der Waals surface area contributed by atoms with Gasteiger partial charge in [0, 0.05) is 10.8 Å². The molecule has 0 amide bonds. The highest BCUT2D eigenvalue weighted by Gasteiger charge is 2.17. The molecule has 3 heterocycles. The first-order chi connectivity index (χ1) is 17.7. The summed E-state index contributed by atoms with van der Waals surface area (Å²) in [7, 11) is 0. The SMILES string of the molecule is Cc1cc2oc(=O)c3cc(C)cc4c(=O)oc(c1)c2c34.Cc1ccc2c(c1)oc(=O)c1cc(C)ccc12. The van der Waals surface area contributed by atoms with Crippen molar-refractivity contribution in [3.63, 3.8) is 0 Å². The fourth-order valence-electron chi connectivity index (χ4n) is 4.97. The number of benzene rings is 4. The van der Waals surface area contributed by atoms with Crippen LogP contribution in [-0.2, 0) is 0 Å². The molecule has 0 fully saturated rings.